The molecule has 0 unspecified atom stereocenters. The van der Waals surface area contributed by atoms with Crippen molar-refractivity contribution in [1.82, 2.24) is 15.8 Å². The molecule has 0 atom stereocenters. The molecule has 0 radical (unpaired) electrons. The lowest BCUT2D eigenvalue weighted by atomic mass is 10.0. The summed E-state index contributed by atoms with van der Waals surface area (Å²) in [6.45, 7) is 5.96. The summed E-state index contributed by atoms with van der Waals surface area (Å²) in [5, 5.41) is 4.02. The van der Waals surface area contributed by atoms with Gasteiger partial charge in [0.05, 0.1) is 5.70 Å². The maximum absolute atomic E-state index is 14.0. The number of hydrogen-bond donors (Lipinski definition) is 2. The fraction of sp³-hybridized carbons (Fsp3) is 0.421. The zero-order valence-electron chi connectivity index (χ0n) is 14.7. The van der Waals surface area contributed by atoms with Gasteiger partial charge in [-0.3, -0.25) is 4.79 Å². The average molecular weight is 349 g/mol. The van der Waals surface area contributed by atoms with Crippen LogP contribution in [0, 0.1) is 12.3 Å². The van der Waals surface area contributed by atoms with Gasteiger partial charge < -0.3 is 10.3 Å². The predicted octanol–water partition coefficient (Wildman–Crippen LogP) is 2.93. The first-order valence-electron chi connectivity index (χ1n) is 8.10. The third-order valence-corrected chi connectivity index (χ3v) is 3.78. The Morgan fingerprint density at radius 1 is 1.48 bits per heavy atom. The number of hydrazine groups is 1. The summed E-state index contributed by atoms with van der Waals surface area (Å²) in [7, 11) is 1.59. The highest BCUT2D eigenvalue weighted by Gasteiger charge is 2.40. The van der Waals surface area contributed by atoms with E-state index in [4.69, 9.17) is 6.42 Å². The number of carbonyl (C=O) groups excluding carboxylic acids is 1. The number of nitrogens with one attached hydrogen (secondary N) is 2. The van der Waals surface area contributed by atoms with Gasteiger partial charge in [-0.05, 0) is 25.5 Å². The van der Waals surface area contributed by atoms with Gasteiger partial charge in [0.15, 0.2) is 0 Å². The molecule has 1 amide bonds. The van der Waals surface area contributed by atoms with Crippen LogP contribution in [0.2, 0.25) is 0 Å². The van der Waals surface area contributed by atoms with Gasteiger partial charge in [0, 0.05) is 38.6 Å². The van der Waals surface area contributed by atoms with Crippen molar-refractivity contribution in [1.29, 1.82) is 0 Å². The Morgan fingerprint density at radius 3 is 2.80 bits per heavy atom. The normalized spacial score (nSPS) is 19.5. The minimum atomic E-state index is -2.90. The number of amides is 1. The molecule has 1 saturated heterocycles. The Morgan fingerprint density at radius 2 is 2.20 bits per heavy atom. The summed E-state index contributed by atoms with van der Waals surface area (Å²) in [6.07, 6.45) is 12.0. The van der Waals surface area contributed by atoms with E-state index in [1.54, 1.807) is 19.2 Å². The van der Waals surface area contributed by atoms with Crippen molar-refractivity contribution in [2.75, 3.05) is 20.1 Å². The van der Waals surface area contributed by atoms with Crippen LogP contribution in [0.5, 0.6) is 0 Å². The molecule has 0 aromatic carbocycles. The molecule has 6 heteroatoms. The zero-order chi connectivity index (χ0) is 18.9. The van der Waals surface area contributed by atoms with E-state index in [0.29, 0.717) is 25.0 Å². The molecule has 136 valence electrons. The van der Waals surface area contributed by atoms with Gasteiger partial charge in [0.1, 0.15) is 0 Å². The molecule has 0 aromatic rings. The van der Waals surface area contributed by atoms with Crippen LogP contribution in [0.3, 0.4) is 0 Å². The number of terminal acetylenes is 1. The quantitative estimate of drug-likeness (QED) is 0.422. The first-order valence-corrected chi connectivity index (χ1v) is 8.10. The van der Waals surface area contributed by atoms with Crippen molar-refractivity contribution >= 4 is 5.91 Å². The SMILES string of the molecule is C#CC/C(C)=C\C=C(/C=C)C(=O)NC/C=C1\N(NC)CCCC1(F)F. The molecule has 4 nitrogen and oxygen atoms in total. The molecular weight excluding hydrogens is 324 g/mol. The second kappa shape index (κ2) is 9.80. The lowest BCUT2D eigenvalue weighted by molar-refractivity contribution is -0.117. The van der Waals surface area contributed by atoms with Crippen molar-refractivity contribution in [2.24, 2.45) is 0 Å². The topological polar surface area (TPSA) is 44.4 Å². The number of hydrogen-bond acceptors (Lipinski definition) is 3. The second-order valence-electron chi connectivity index (χ2n) is 5.70. The minimum Gasteiger partial charge on any atom is -0.348 e. The van der Waals surface area contributed by atoms with E-state index in [1.165, 1.54) is 17.2 Å². The summed E-state index contributed by atoms with van der Waals surface area (Å²) in [5.41, 5.74) is 3.91. The van der Waals surface area contributed by atoms with E-state index < -0.39 is 5.92 Å². The molecule has 0 aliphatic carbocycles. The van der Waals surface area contributed by atoms with Gasteiger partial charge in [0.25, 0.3) is 11.8 Å². The monoisotopic (exact) mass is 349 g/mol. The molecule has 0 saturated carbocycles. The smallest absolute Gasteiger partial charge is 0.288 e. The molecule has 1 aliphatic heterocycles. The Balaban J connectivity index is 2.76. The molecule has 1 heterocycles. The summed E-state index contributed by atoms with van der Waals surface area (Å²) in [6, 6.07) is 0. The van der Waals surface area contributed by atoms with Crippen LogP contribution < -0.4 is 10.7 Å². The second-order valence-corrected chi connectivity index (χ2v) is 5.70. The van der Waals surface area contributed by atoms with Crippen LogP contribution in [-0.2, 0) is 4.79 Å². The maximum atomic E-state index is 14.0. The number of halogens is 2. The third-order valence-electron chi connectivity index (χ3n) is 3.78. The lowest BCUT2D eigenvalue weighted by Gasteiger charge is -2.36. The van der Waals surface area contributed by atoms with E-state index in [0.717, 1.165) is 5.57 Å². The van der Waals surface area contributed by atoms with Crippen molar-refractivity contribution in [2.45, 2.75) is 32.1 Å². The fourth-order valence-electron chi connectivity index (χ4n) is 2.43. The Bertz CT molecular complexity index is 627. The molecule has 0 aromatic heterocycles. The van der Waals surface area contributed by atoms with Crippen LogP contribution in [0.4, 0.5) is 8.78 Å². The molecule has 2 N–H and O–H groups in total. The molecule has 0 bridgehead atoms. The van der Waals surface area contributed by atoms with Crippen LogP contribution in [-0.4, -0.2) is 37.0 Å². The van der Waals surface area contributed by atoms with Gasteiger partial charge in [-0.2, -0.15) is 8.78 Å². The number of allylic oxidation sites excluding steroid dienone is 4. The number of nitrogens with zero attached hydrogens (tertiary/aromatic N) is 1. The number of rotatable bonds is 7. The van der Waals surface area contributed by atoms with Gasteiger partial charge in [-0.25, -0.2) is 5.43 Å². The number of alkyl halides is 2. The van der Waals surface area contributed by atoms with E-state index in [9.17, 15) is 13.6 Å². The van der Waals surface area contributed by atoms with Crippen molar-refractivity contribution < 1.29 is 13.6 Å². The van der Waals surface area contributed by atoms with Gasteiger partial charge in [-0.1, -0.05) is 24.3 Å². The highest BCUT2D eigenvalue weighted by molar-refractivity contribution is 5.96. The standard InChI is InChI=1S/C19H25F2N3O/c1-5-8-15(3)9-10-16(6-2)18(25)23-13-11-17-19(20,21)12-7-14-24(17)22-4/h1,6,9-11,22H,2,7-8,12-14H2,3-4H3,(H,23,25)/b15-9-,16-10+,17-11-. The zero-order valence-corrected chi connectivity index (χ0v) is 14.7. The van der Waals surface area contributed by atoms with Crippen LogP contribution >= 0.6 is 0 Å². The molecule has 1 aliphatic rings. The average Bonchev–Trinajstić information content (AvgIpc) is 2.56. The largest absolute Gasteiger partial charge is 0.348 e. The van der Waals surface area contributed by atoms with E-state index in [-0.39, 0.29) is 24.6 Å². The fourth-order valence-corrected chi connectivity index (χ4v) is 2.43. The summed E-state index contributed by atoms with van der Waals surface area (Å²) >= 11 is 0. The third kappa shape index (κ3) is 6.20. The number of carbonyl (C=O) groups is 1. The predicted molar refractivity (Wildman–Crippen MR) is 96.5 cm³/mol. The van der Waals surface area contributed by atoms with E-state index >= 15 is 0 Å². The molecule has 1 fully saturated rings. The Hall–Kier alpha value is -2.39. The van der Waals surface area contributed by atoms with Crippen molar-refractivity contribution in [3.05, 3.63) is 47.7 Å². The summed E-state index contributed by atoms with van der Waals surface area (Å²) < 4.78 is 28.0. The Kier molecular flexibility index (Phi) is 8.09. The van der Waals surface area contributed by atoms with Crippen LogP contribution in [0.15, 0.2) is 47.7 Å². The highest BCUT2D eigenvalue weighted by atomic mass is 19.3. The molecule has 25 heavy (non-hydrogen) atoms. The van der Waals surface area contributed by atoms with E-state index in [1.807, 2.05) is 6.92 Å². The summed E-state index contributed by atoms with van der Waals surface area (Å²) in [5.74, 6) is -0.774. The van der Waals surface area contributed by atoms with Gasteiger partial charge in [-0.15, -0.1) is 12.3 Å². The van der Waals surface area contributed by atoms with Gasteiger partial charge in [0.2, 0.25) is 0 Å². The van der Waals surface area contributed by atoms with Crippen LogP contribution in [0.25, 0.3) is 0 Å². The lowest BCUT2D eigenvalue weighted by Crippen LogP contribution is -2.46. The first-order chi connectivity index (χ1) is 11.9. The molecule has 0 spiro atoms. The summed E-state index contributed by atoms with van der Waals surface area (Å²) in [4.78, 5) is 12.1. The van der Waals surface area contributed by atoms with Crippen LogP contribution in [0.1, 0.15) is 26.2 Å². The van der Waals surface area contributed by atoms with Crippen molar-refractivity contribution in [3.63, 3.8) is 0 Å². The van der Waals surface area contributed by atoms with Crippen molar-refractivity contribution in [3.8, 4) is 12.3 Å². The van der Waals surface area contributed by atoms with E-state index in [2.05, 4.69) is 23.2 Å². The van der Waals surface area contributed by atoms with Gasteiger partial charge >= 0.3 is 0 Å². The highest BCUT2D eigenvalue weighted by Crippen LogP contribution is 2.34. The first kappa shape index (κ1) is 20.7. The minimum absolute atomic E-state index is 0.000167. The molecular formula is C19H25F2N3O. The Labute approximate surface area is 148 Å². The number of piperidine rings is 1. The molecule has 1 rings (SSSR count). The maximum Gasteiger partial charge on any atom is 0.288 e.